The number of hydrogen-bond donors (Lipinski definition) is 0. The third-order valence-electron chi connectivity index (χ3n) is 8.59. The molecule has 4 aromatic rings. The van der Waals surface area contributed by atoms with Crippen LogP contribution in [0.1, 0.15) is 113 Å². The molecule has 0 saturated heterocycles. The van der Waals surface area contributed by atoms with Gasteiger partial charge in [0.2, 0.25) is 0 Å². The highest BCUT2D eigenvalue weighted by atomic mass is 32.2. The Morgan fingerprint density at radius 3 is 1.26 bits per heavy atom. The van der Waals surface area contributed by atoms with Crippen molar-refractivity contribution in [1.82, 2.24) is 0 Å². The highest BCUT2D eigenvalue weighted by Gasteiger charge is 2.07. The molecule has 0 spiro atoms. The zero-order valence-corrected chi connectivity index (χ0v) is 28.3. The summed E-state index contributed by atoms with van der Waals surface area (Å²) < 4.78 is 0. The van der Waals surface area contributed by atoms with E-state index in [1.807, 2.05) is 23.5 Å². The molecular formula is C40H52S2. The summed E-state index contributed by atoms with van der Waals surface area (Å²) in [4.78, 5) is 2.69. The van der Waals surface area contributed by atoms with Gasteiger partial charge in [-0.15, -0.1) is 23.5 Å². The van der Waals surface area contributed by atoms with Gasteiger partial charge < -0.3 is 0 Å². The molecule has 42 heavy (non-hydrogen) atoms. The lowest BCUT2D eigenvalue weighted by Crippen LogP contribution is -1.89. The standard InChI is InChI=1S/C40H52S2/c1-5-7-9-11-13-15-17-31-19-21-33-29-39(41-3)35(27-37(33)25-31)23-24-36-28-38-26-32(18-16-14-12-10-8-6-2)20-22-34(38)30-40(36)42-4/h19-30H,5-18H2,1-4H3/b24-23+. The Labute approximate surface area is 265 Å². The van der Waals surface area contributed by atoms with Gasteiger partial charge in [0, 0.05) is 9.79 Å². The van der Waals surface area contributed by atoms with Crippen molar-refractivity contribution in [3.63, 3.8) is 0 Å². The van der Waals surface area contributed by atoms with E-state index in [1.54, 1.807) is 0 Å². The Hall–Kier alpha value is -2.16. The van der Waals surface area contributed by atoms with Crippen molar-refractivity contribution >= 4 is 57.2 Å². The fourth-order valence-electron chi connectivity index (χ4n) is 6.01. The SMILES string of the molecule is CCCCCCCCc1ccc2cc(SC)c(/C=C/c3cc4cc(CCCCCCCC)ccc4cc3SC)cc2c1. The van der Waals surface area contributed by atoms with Crippen LogP contribution in [0.3, 0.4) is 0 Å². The normalized spacial score (nSPS) is 11.8. The zero-order chi connectivity index (χ0) is 29.6. The number of unbranched alkanes of at least 4 members (excludes halogenated alkanes) is 10. The van der Waals surface area contributed by atoms with Gasteiger partial charge in [-0.25, -0.2) is 0 Å². The molecule has 0 aliphatic rings. The molecule has 0 saturated carbocycles. The molecule has 0 nitrogen and oxygen atoms in total. The molecule has 4 aromatic carbocycles. The predicted octanol–water partition coefficient (Wildman–Crippen LogP) is 13.4. The van der Waals surface area contributed by atoms with Crippen molar-refractivity contribution < 1.29 is 0 Å². The van der Waals surface area contributed by atoms with Crippen LogP contribution in [0.2, 0.25) is 0 Å². The van der Waals surface area contributed by atoms with E-state index in [1.165, 1.54) is 143 Å². The number of aryl methyl sites for hydroxylation is 2. The summed E-state index contributed by atoms with van der Waals surface area (Å²) in [6, 6.07) is 23.7. The minimum atomic E-state index is 1.19. The van der Waals surface area contributed by atoms with Gasteiger partial charge in [0.1, 0.15) is 0 Å². The van der Waals surface area contributed by atoms with Crippen molar-refractivity contribution in [3.05, 3.63) is 82.9 Å². The minimum absolute atomic E-state index is 1.19. The van der Waals surface area contributed by atoms with Gasteiger partial charge in [-0.3, -0.25) is 0 Å². The van der Waals surface area contributed by atoms with E-state index in [-0.39, 0.29) is 0 Å². The van der Waals surface area contributed by atoms with Crippen LogP contribution in [0.4, 0.5) is 0 Å². The molecule has 4 rings (SSSR count). The van der Waals surface area contributed by atoms with E-state index < -0.39 is 0 Å². The average molecular weight is 597 g/mol. The Kier molecular flexibility index (Phi) is 13.9. The smallest absolute Gasteiger partial charge is 0.0148 e. The van der Waals surface area contributed by atoms with Crippen molar-refractivity contribution in [1.29, 1.82) is 0 Å². The lowest BCUT2D eigenvalue weighted by Gasteiger charge is -2.11. The molecule has 0 radical (unpaired) electrons. The lowest BCUT2D eigenvalue weighted by atomic mass is 9.99. The van der Waals surface area contributed by atoms with Crippen LogP contribution in [0.5, 0.6) is 0 Å². The maximum atomic E-state index is 2.43. The summed E-state index contributed by atoms with van der Waals surface area (Å²) in [5.74, 6) is 0. The lowest BCUT2D eigenvalue weighted by molar-refractivity contribution is 0.607. The molecule has 0 N–H and O–H groups in total. The second-order valence-electron chi connectivity index (χ2n) is 11.9. The van der Waals surface area contributed by atoms with E-state index in [9.17, 15) is 0 Å². The molecule has 2 heteroatoms. The maximum absolute atomic E-state index is 2.43. The molecule has 224 valence electrons. The van der Waals surface area contributed by atoms with Crippen LogP contribution in [0.25, 0.3) is 33.7 Å². The highest BCUT2D eigenvalue weighted by Crippen LogP contribution is 2.32. The summed E-state index contributed by atoms with van der Waals surface area (Å²) in [5.41, 5.74) is 5.58. The summed E-state index contributed by atoms with van der Waals surface area (Å²) in [6.07, 6.45) is 27.6. The monoisotopic (exact) mass is 596 g/mol. The van der Waals surface area contributed by atoms with Crippen LogP contribution in [-0.2, 0) is 12.8 Å². The number of rotatable bonds is 18. The third-order valence-corrected chi connectivity index (χ3v) is 10.2. The average Bonchev–Trinajstić information content (AvgIpc) is 3.02. The van der Waals surface area contributed by atoms with Gasteiger partial charge in [0.15, 0.2) is 0 Å². The summed E-state index contributed by atoms with van der Waals surface area (Å²) in [7, 11) is 0. The summed E-state index contributed by atoms with van der Waals surface area (Å²) in [5, 5.41) is 5.41. The van der Waals surface area contributed by atoms with E-state index in [2.05, 4.69) is 99.2 Å². The van der Waals surface area contributed by atoms with Crippen LogP contribution >= 0.6 is 23.5 Å². The first-order valence-electron chi connectivity index (χ1n) is 16.5. The molecular weight excluding hydrogens is 545 g/mol. The number of fused-ring (bicyclic) bond motifs is 2. The topological polar surface area (TPSA) is 0 Å². The van der Waals surface area contributed by atoms with Gasteiger partial charge in [0.25, 0.3) is 0 Å². The largest absolute Gasteiger partial charge is 0.129 e. The highest BCUT2D eigenvalue weighted by molar-refractivity contribution is 7.99. The molecule has 0 atom stereocenters. The number of thioether (sulfide) groups is 2. The Morgan fingerprint density at radius 2 is 0.857 bits per heavy atom. The van der Waals surface area contributed by atoms with E-state index in [0.29, 0.717) is 0 Å². The van der Waals surface area contributed by atoms with Crippen LogP contribution in [-0.4, -0.2) is 12.5 Å². The predicted molar refractivity (Wildman–Crippen MR) is 195 cm³/mol. The fraction of sp³-hybridized carbons (Fsp3) is 0.450. The van der Waals surface area contributed by atoms with Gasteiger partial charge in [0.05, 0.1) is 0 Å². The summed E-state index contributed by atoms with van der Waals surface area (Å²) in [6.45, 7) is 4.58. The van der Waals surface area contributed by atoms with Crippen molar-refractivity contribution in [2.45, 2.75) is 114 Å². The maximum Gasteiger partial charge on any atom is 0.0148 e. The Bertz CT molecular complexity index is 1320. The van der Waals surface area contributed by atoms with E-state index >= 15 is 0 Å². The van der Waals surface area contributed by atoms with Crippen LogP contribution in [0.15, 0.2) is 70.5 Å². The second kappa shape index (κ2) is 17.8. The molecule has 0 aliphatic carbocycles. The molecule has 0 aliphatic heterocycles. The van der Waals surface area contributed by atoms with Crippen LogP contribution < -0.4 is 0 Å². The molecule has 0 aromatic heterocycles. The van der Waals surface area contributed by atoms with Gasteiger partial charge in [-0.1, -0.05) is 127 Å². The van der Waals surface area contributed by atoms with E-state index in [4.69, 9.17) is 0 Å². The summed E-state index contributed by atoms with van der Waals surface area (Å²) >= 11 is 3.69. The first kappa shape index (κ1) is 32.7. The third kappa shape index (κ3) is 9.68. The van der Waals surface area contributed by atoms with Gasteiger partial charge >= 0.3 is 0 Å². The first-order valence-corrected chi connectivity index (χ1v) is 19.0. The molecule has 0 heterocycles. The minimum Gasteiger partial charge on any atom is -0.129 e. The Morgan fingerprint density at radius 1 is 0.452 bits per heavy atom. The Balaban J connectivity index is 1.51. The van der Waals surface area contributed by atoms with Crippen molar-refractivity contribution in [2.24, 2.45) is 0 Å². The molecule has 0 fully saturated rings. The number of benzene rings is 4. The fourth-order valence-corrected chi connectivity index (χ4v) is 7.23. The molecule has 0 amide bonds. The quantitative estimate of drug-likeness (QED) is 0.0636. The van der Waals surface area contributed by atoms with Gasteiger partial charge in [-0.05, 0) is 106 Å². The van der Waals surface area contributed by atoms with Gasteiger partial charge in [-0.2, -0.15) is 0 Å². The van der Waals surface area contributed by atoms with Crippen molar-refractivity contribution in [3.8, 4) is 0 Å². The zero-order valence-electron chi connectivity index (χ0n) is 26.6. The first-order chi connectivity index (χ1) is 20.6. The second-order valence-corrected chi connectivity index (χ2v) is 13.6. The van der Waals surface area contributed by atoms with Crippen LogP contribution in [0, 0.1) is 0 Å². The van der Waals surface area contributed by atoms with Crippen molar-refractivity contribution in [2.75, 3.05) is 12.5 Å². The molecule has 0 bridgehead atoms. The molecule has 0 unspecified atom stereocenters. The van der Waals surface area contributed by atoms with E-state index in [0.717, 1.165) is 0 Å². The number of hydrogen-bond acceptors (Lipinski definition) is 2.